The number of carbonyl (C=O) groups is 3. The number of ether oxygens (including phenoxy) is 2. The van der Waals surface area contributed by atoms with Crippen LogP contribution >= 0.6 is 11.6 Å². The Bertz CT molecular complexity index is 1040. The Hall–Kier alpha value is -3.39. The summed E-state index contributed by atoms with van der Waals surface area (Å²) in [4.78, 5) is 39.3. The first-order valence-electron chi connectivity index (χ1n) is 9.13. The lowest BCUT2D eigenvalue weighted by molar-refractivity contribution is -0.139. The van der Waals surface area contributed by atoms with Crippen molar-refractivity contribution in [1.82, 2.24) is 10.4 Å². The summed E-state index contributed by atoms with van der Waals surface area (Å²) in [5.41, 5.74) is 4.98. The van der Waals surface area contributed by atoms with Crippen molar-refractivity contribution in [1.29, 1.82) is 0 Å². The highest BCUT2D eigenvalue weighted by Crippen LogP contribution is 2.28. The molecule has 0 aliphatic carbocycles. The van der Waals surface area contributed by atoms with Crippen LogP contribution in [0.15, 0.2) is 41.0 Å². The van der Waals surface area contributed by atoms with Crippen molar-refractivity contribution in [3.8, 4) is 0 Å². The lowest BCUT2D eigenvalue weighted by atomic mass is 10.00. The number of benzene rings is 1. The van der Waals surface area contributed by atoms with Crippen LogP contribution in [0.3, 0.4) is 0 Å². The van der Waals surface area contributed by atoms with Gasteiger partial charge in [-0.05, 0) is 24.5 Å². The fraction of sp³-hybridized carbons (Fsp3) is 0.238. The number of hydrogen-bond acceptors (Lipinski definition) is 6. The molecule has 0 saturated carbocycles. The Kier molecular flexibility index (Phi) is 6.68. The summed E-state index contributed by atoms with van der Waals surface area (Å²) in [6.45, 7) is 0. The molecule has 2 N–H and O–H groups in total. The zero-order valence-electron chi connectivity index (χ0n) is 16.5. The molecule has 2 aromatic rings. The van der Waals surface area contributed by atoms with E-state index in [1.165, 1.54) is 20.3 Å². The molecule has 1 aromatic heterocycles. The Labute approximate surface area is 177 Å². The molecule has 30 heavy (non-hydrogen) atoms. The molecule has 8 nitrogen and oxygen atoms in total. The van der Waals surface area contributed by atoms with Crippen LogP contribution < -0.4 is 5.43 Å². The van der Waals surface area contributed by atoms with Crippen molar-refractivity contribution in [3.05, 3.63) is 63.4 Å². The maximum absolute atomic E-state index is 12.4. The largest absolute Gasteiger partial charge is 0.469 e. The minimum atomic E-state index is -0.690. The summed E-state index contributed by atoms with van der Waals surface area (Å²) in [6, 6.07) is 9.81. The second kappa shape index (κ2) is 9.41. The van der Waals surface area contributed by atoms with Gasteiger partial charge in [-0.1, -0.05) is 41.9 Å². The first-order valence-corrected chi connectivity index (χ1v) is 9.50. The van der Waals surface area contributed by atoms with Crippen molar-refractivity contribution < 1.29 is 23.9 Å². The summed E-state index contributed by atoms with van der Waals surface area (Å²) in [7, 11) is 2.46. The van der Waals surface area contributed by atoms with Gasteiger partial charge in [-0.3, -0.25) is 9.59 Å². The zero-order valence-corrected chi connectivity index (χ0v) is 17.2. The van der Waals surface area contributed by atoms with Crippen LogP contribution in [0.25, 0.3) is 6.08 Å². The van der Waals surface area contributed by atoms with Crippen LogP contribution in [-0.2, 0) is 31.9 Å². The fourth-order valence-corrected chi connectivity index (χ4v) is 3.38. The van der Waals surface area contributed by atoms with Gasteiger partial charge in [-0.2, -0.15) is 5.10 Å². The van der Waals surface area contributed by atoms with Gasteiger partial charge in [0.1, 0.15) is 5.15 Å². The standard InChI is InChI=1S/C21H20ClN3O5/c1-29-17(26)11-14-18(21(28)30-2)16(23-19(14)22)10-13-15(24-25-20(13)27)9-8-12-6-4-3-5-7-12/h3-7,10,23H,8-9,11H2,1-2H3,(H,25,27)/b13-10+. The van der Waals surface area contributed by atoms with Crippen molar-refractivity contribution >= 4 is 41.2 Å². The summed E-state index contributed by atoms with van der Waals surface area (Å²) in [5.74, 6) is -1.65. The first-order chi connectivity index (χ1) is 14.4. The summed E-state index contributed by atoms with van der Waals surface area (Å²) < 4.78 is 9.51. The van der Waals surface area contributed by atoms with E-state index in [1.807, 2.05) is 30.3 Å². The van der Waals surface area contributed by atoms with Gasteiger partial charge in [0, 0.05) is 5.56 Å². The third-order valence-corrected chi connectivity index (χ3v) is 4.97. The van der Waals surface area contributed by atoms with Gasteiger partial charge in [-0.25, -0.2) is 10.2 Å². The van der Waals surface area contributed by atoms with Crippen molar-refractivity contribution in [2.24, 2.45) is 5.10 Å². The topological polar surface area (TPSA) is 110 Å². The van der Waals surface area contributed by atoms with Crippen molar-refractivity contribution in [2.75, 3.05) is 14.2 Å². The Morgan fingerprint density at radius 2 is 1.87 bits per heavy atom. The number of aromatic nitrogens is 1. The summed E-state index contributed by atoms with van der Waals surface area (Å²) >= 11 is 6.22. The van der Waals surface area contributed by atoms with Crippen LogP contribution in [0.5, 0.6) is 0 Å². The monoisotopic (exact) mass is 429 g/mol. The van der Waals surface area contributed by atoms with Crippen LogP contribution in [-0.4, -0.2) is 42.8 Å². The molecular formula is C21H20ClN3O5. The first kappa shape index (κ1) is 21.3. The highest BCUT2D eigenvalue weighted by Gasteiger charge is 2.28. The number of rotatable bonds is 7. The number of halogens is 1. The normalized spacial score (nSPS) is 14.4. The molecule has 1 aliphatic heterocycles. The predicted molar refractivity (Wildman–Crippen MR) is 111 cm³/mol. The average Bonchev–Trinajstić information content (AvgIpc) is 3.26. The third kappa shape index (κ3) is 4.60. The molecule has 1 aromatic carbocycles. The maximum Gasteiger partial charge on any atom is 0.340 e. The van der Waals surface area contributed by atoms with E-state index in [2.05, 4.69) is 20.2 Å². The molecule has 156 valence electrons. The maximum atomic E-state index is 12.4. The molecule has 0 bridgehead atoms. The number of hydrazone groups is 1. The number of nitrogens with zero attached hydrogens (tertiary/aromatic N) is 1. The van der Waals surface area contributed by atoms with Crippen LogP contribution in [0.2, 0.25) is 5.15 Å². The van der Waals surface area contributed by atoms with Gasteiger partial charge in [-0.15, -0.1) is 0 Å². The molecule has 0 unspecified atom stereocenters. The third-order valence-electron chi connectivity index (χ3n) is 4.65. The SMILES string of the molecule is COC(=O)Cc1c(Cl)[nH]c(/C=C2/C(=O)NN=C2CCc2ccccc2)c1C(=O)OC. The minimum Gasteiger partial charge on any atom is -0.469 e. The summed E-state index contributed by atoms with van der Waals surface area (Å²) in [6.07, 6.45) is 2.48. The number of amides is 1. The number of esters is 2. The van der Waals surface area contributed by atoms with Gasteiger partial charge >= 0.3 is 11.9 Å². The molecule has 2 heterocycles. The van der Waals surface area contributed by atoms with Gasteiger partial charge in [0.15, 0.2) is 0 Å². The lowest BCUT2D eigenvalue weighted by Crippen LogP contribution is -2.14. The smallest absolute Gasteiger partial charge is 0.340 e. The van der Waals surface area contributed by atoms with Crippen LogP contribution in [0.1, 0.15) is 33.6 Å². The Morgan fingerprint density at radius 3 is 2.53 bits per heavy atom. The number of hydrogen-bond donors (Lipinski definition) is 2. The number of H-pyrrole nitrogens is 1. The minimum absolute atomic E-state index is 0.0718. The van der Waals surface area contributed by atoms with Crippen molar-refractivity contribution in [3.63, 3.8) is 0 Å². The van der Waals surface area contributed by atoms with E-state index in [0.29, 0.717) is 24.1 Å². The van der Waals surface area contributed by atoms with E-state index in [-0.39, 0.29) is 28.4 Å². The quantitative estimate of drug-likeness (QED) is 0.519. The fourth-order valence-electron chi connectivity index (χ4n) is 3.12. The highest BCUT2D eigenvalue weighted by molar-refractivity contribution is 6.32. The molecule has 9 heteroatoms. The second-order valence-corrected chi connectivity index (χ2v) is 6.87. The molecule has 0 atom stereocenters. The molecule has 1 amide bonds. The molecule has 1 aliphatic rings. The zero-order chi connectivity index (χ0) is 21.7. The van der Waals surface area contributed by atoms with Gasteiger partial charge in [0.05, 0.1) is 43.2 Å². The lowest BCUT2D eigenvalue weighted by Gasteiger charge is -2.05. The highest BCUT2D eigenvalue weighted by atomic mass is 35.5. The number of methoxy groups -OCH3 is 2. The van der Waals surface area contributed by atoms with Gasteiger partial charge < -0.3 is 14.5 Å². The molecule has 0 fully saturated rings. The van der Waals surface area contributed by atoms with Crippen molar-refractivity contribution in [2.45, 2.75) is 19.3 Å². The van der Waals surface area contributed by atoms with E-state index >= 15 is 0 Å². The number of aryl methyl sites for hydroxylation is 1. The average molecular weight is 430 g/mol. The molecular weight excluding hydrogens is 410 g/mol. The number of aromatic amines is 1. The van der Waals surface area contributed by atoms with E-state index < -0.39 is 17.8 Å². The number of nitrogens with one attached hydrogen (secondary N) is 2. The van der Waals surface area contributed by atoms with Gasteiger partial charge in [0.25, 0.3) is 5.91 Å². The van der Waals surface area contributed by atoms with Crippen LogP contribution in [0, 0.1) is 0 Å². The Balaban J connectivity index is 1.94. The van der Waals surface area contributed by atoms with Crippen LogP contribution in [0.4, 0.5) is 0 Å². The molecule has 3 rings (SSSR count). The van der Waals surface area contributed by atoms with E-state index in [0.717, 1.165) is 5.56 Å². The van der Waals surface area contributed by atoms with E-state index in [9.17, 15) is 14.4 Å². The number of carbonyl (C=O) groups excluding carboxylic acids is 3. The van der Waals surface area contributed by atoms with E-state index in [4.69, 9.17) is 16.3 Å². The molecule has 0 saturated heterocycles. The molecule has 0 radical (unpaired) electrons. The Morgan fingerprint density at radius 1 is 1.13 bits per heavy atom. The van der Waals surface area contributed by atoms with Gasteiger partial charge in [0.2, 0.25) is 0 Å². The molecule has 0 spiro atoms. The predicted octanol–water partition coefficient (Wildman–Crippen LogP) is 2.67. The summed E-state index contributed by atoms with van der Waals surface area (Å²) in [5, 5.41) is 4.20. The second-order valence-electron chi connectivity index (χ2n) is 6.49. The van der Waals surface area contributed by atoms with E-state index in [1.54, 1.807) is 0 Å².